The van der Waals surface area contributed by atoms with Crippen LogP contribution in [0.3, 0.4) is 0 Å². The first kappa shape index (κ1) is 30.6. The van der Waals surface area contributed by atoms with E-state index in [4.69, 9.17) is 14.2 Å². The third-order valence-corrected chi connectivity index (χ3v) is 7.07. The smallest absolute Gasteiger partial charge is 0.283 e. The van der Waals surface area contributed by atoms with E-state index in [1.54, 1.807) is 0 Å². The predicted octanol–water partition coefficient (Wildman–Crippen LogP) is 8.75. The van der Waals surface area contributed by atoms with E-state index in [1.807, 2.05) is 0 Å². The van der Waals surface area contributed by atoms with Crippen molar-refractivity contribution in [3.63, 3.8) is 0 Å². The molecule has 0 aromatic carbocycles. The van der Waals surface area contributed by atoms with E-state index in [-0.39, 0.29) is 19.0 Å². The Morgan fingerprint density at radius 3 is 1.61 bits per heavy atom. The number of ketones is 1. The molecule has 0 aromatic rings. The second kappa shape index (κ2) is 20.9. The van der Waals surface area contributed by atoms with Gasteiger partial charge in [-0.15, -0.1) is 0 Å². The number of ether oxygens (including phenoxy) is 3. The second-order valence-electron chi connectivity index (χ2n) is 10.2. The lowest BCUT2D eigenvalue weighted by Crippen LogP contribution is -2.47. The van der Waals surface area contributed by atoms with Gasteiger partial charge in [-0.3, -0.25) is 4.79 Å². The first-order valence-electron chi connectivity index (χ1n) is 14.6. The van der Waals surface area contributed by atoms with Gasteiger partial charge in [-0.25, -0.2) is 0 Å². The van der Waals surface area contributed by atoms with Crippen LogP contribution >= 0.6 is 0 Å². The molecule has 4 heteroatoms. The number of hydrogen-bond acceptors (Lipinski definition) is 4. The molecule has 196 valence electrons. The van der Waals surface area contributed by atoms with Gasteiger partial charge in [-0.1, -0.05) is 130 Å². The van der Waals surface area contributed by atoms with E-state index >= 15 is 0 Å². The van der Waals surface area contributed by atoms with Gasteiger partial charge in [0.1, 0.15) is 13.2 Å². The zero-order valence-electron chi connectivity index (χ0n) is 22.5. The van der Waals surface area contributed by atoms with Crippen LogP contribution in [0.1, 0.15) is 149 Å². The summed E-state index contributed by atoms with van der Waals surface area (Å²) in [6.07, 6.45) is 25.7. The standard InChI is InChI=1S/C29H56O4/c1-4-7-9-10-11-12-13-14-15-16-17-18-19-20-21-23-29(32-25-28(30)26-33-29)31-24-27(6-3)22-8-5-2/h27H,4-26H2,1-3H3. The first-order chi connectivity index (χ1) is 16.2. The van der Waals surface area contributed by atoms with Gasteiger partial charge in [0.15, 0.2) is 5.78 Å². The molecule has 0 saturated carbocycles. The number of hydrogen-bond donors (Lipinski definition) is 0. The molecule has 1 rings (SSSR count). The molecule has 1 saturated heterocycles. The van der Waals surface area contributed by atoms with Crippen molar-refractivity contribution in [2.24, 2.45) is 5.92 Å². The van der Waals surface area contributed by atoms with Crippen LogP contribution in [-0.2, 0) is 19.0 Å². The Hall–Kier alpha value is -0.450. The normalized spacial score (nSPS) is 16.9. The maximum atomic E-state index is 11.6. The number of rotatable bonds is 23. The summed E-state index contributed by atoms with van der Waals surface area (Å²) >= 11 is 0. The third-order valence-electron chi connectivity index (χ3n) is 7.07. The van der Waals surface area contributed by atoms with Crippen LogP contribution in [-0.4, -0.2) is 31.6 Å². The SMILES string of the molecule is CCCCCCCCCCCCCCCCCC1(OCC(CC)CCCC)OCC(=O)CO1. The molecule has 0 bridgehead atoms. The summed E-state index contributed by atoms with van der Waals surface area (Å²) in [4.78, 5) is 11.6. The summed E-state index contributed by atoms with van der Waals surface area (Å²) in [5.41, 5.74) is 0. The Morgan fingerprint density at radius 1 is 0.697 bits per heavy atom. The monoisotopic (exact) mass is 468 g/mol. The summed E-state index contributed by atoms with van der Waals surface area (Å²) < 4.78 is 17.8. The molecular weight excluding hydrogens is 412 g/mol. The van der Waals surface area contributed by atoms with Crippen molar-refractivity contribution in [3.8, 4) is 0 Å². The molecule has 0 amide bonds. The zero-order chi connectivity index (χ0) is 24.0. The molecule has 1 fully saturated rings. The van der Waals surface area contributed by atoms with Gasteiger partial charge >= 0.3 is 0 Å². The van der Waals surface area contributed by atoms with E-state index < -0.39 is 5.97 Å². The summed E-state index contributed by atoms with van der Waals surface area (Å²) in [6, 6.07) is 0. The van der Waals surface area contributed by atoms with Crippen molar-refractivity contribution in [1.29, 1.82) is 0 Å². The van der Waals surface area contributed by atoms with Crippen molar-refractivity contribution < 1.29 is 19.0 Å². The van der Waals surface area contributed by atoms with E-state index in [0.29, 0.717) is 12.5 Å². The maximum Gasteiger partial charge on any atom is 0.283 e. The minimum atomic E-state index is -0.996. The average Bonchev–Trinajstić information content (AvgIpc) is 2.83. The molecule has 0 radical (unpaired) electrons. The Bertz CT molecular complexity index is 441. The van der Waals surface area contributed by atoms with Crippen LogP contribution in [0.25, 0.3) is 0 Å². The molecular formula is C29H56O4. The largest absolute Gasteiger partial charge is 0.327 e. The molecule has 4 nitrogen and oxygen atoms in total. The lowest BCUT2D eigenvalue weighted by atomic mass is 10.0. The molecule has 1 unspecified atom stereocenters. The molecule has 33 heavy (non-hydrogen) atoms. The van der Waals surface area contributed by atoms with Crippen LogP contribution in [0.2, 0.25) is 0 Å². The van der Waals surface area contributed by atoms with Crippen molar-refractivity contribution >= 4 is 5.78 Å². The molecule has 1 heterocycles. The van der Waals surface area contributed by atoms with E-state index in [2.05, 4.69) is 20.8 Å². The Morgan fingerprint density at radius 2 is 1.15 bits per heavy atom. The van der Waals surface area contributed by atoms with Gasteiger partial charge in [0.05, 0.1) is 6.61 Å². The first-order valence-corrected chi connectivity index (χ1v) is 14.6. The minimum Gasteiger partial charge on any atom is -0.327 e. The average molecular weight is 469 g/mol. The fraction of sp³-hybridized carbons (Fsp3) is 0.966. The van der Waals surface area contributed by atoms with Crippen LogP contribution in [0, 0.1) is 5.92 Å². The topological polar surface area (TPSA) is 44.8 Å². The lowest BCUT2D eigenvalue weighted by Gasteiger charge is -2.37. The van der Waals surface area contributed by atoms with E-state index in [9.17, 15) is 4.79 Å². The zero-order valence-corrected chi connectivity index (χ0v) is 22.5. The van der Waals surface area contributed by atoms with Gasteiger partial charge in [0.25, 0.3) is 5.97 Å². The van der Waals surface area contributed by atoms with Crippen molar-refractivity contribution in [2.75, 3.05) is 19.8 Å². The Balaban J connectivity index is 2.09. The Kier molecular flexibility index (Phi) is 19.4. The highest BCUT2D eigenvalue weighted by Gasteiger charge is 2.38. The van der Waals surface area contributed by atoms with Gasteiger partial charge < -0.3 is 14.2 Å². The molecule has 0 spiro atoms. The Labute approximate surface area is 205 Å². The number of carbonyl (C=O) groups is 1. The van der Waals surface area contributed by atoms with E-state index in [1.165, 1.54) is 109 Å². The van der Waals surface area contributed by atoms with Crippen LogP contribution < -0.4 is 0 Å². The quantitative estimate of drug-likeness (QED) is 0.141. The molecule has 1 atom stereocenters. The van der Waals surface area contributed by atoms with Gasteiger partial charge in [-0.2, -0.15) is 0 Å². The van der Waals surface area contributed by atoms with Crippen molar-refractivity contribution in [1.82, 2.24) is 0 Å². The van der Waals surface area contributed by atoms with Crippen LogP contribution in [0.15, 0.2) is 0 Å². The fourth-order valence-corrected chi connectivity index (χ4v) is 4.62. The molecule has 0 aromatic heterocycles. The summed E-state index contributed by atoms with van der Waals surface area (Å²) in [6.45, 7) is 7.62. The third kappa shape index (κ3) is 16.0. The second-order valence-corrected chi connectivity index (χ2v) is 10.2. The molecule has 0 aliphatic carbocycles. The molecule has 1 aliphatic heterocycles. The molecule has 1 aliphatic rings. The van der Waals surface area contributed by atoms with Crippen LogP contribution in [0.4, 0.5) is 0 Å². The van der Waals surface area contributed by atoms with Crippen molar-refractivity contribution in [3.05, 3.63) is 0 Å². The lowest BCUT2D eigenvalue weighted by molar-refractivity contribution is -0.392. The number of carbonyl (C=O) groups excluding carboxylic acids is 1. The number of Topliss-reactive ketones (excluding diaryl/α,β-unsaturated/α-hetero) is 1. The predicted molar refractivity (Wildman–Crippen MR) is 138 cm³/mol. The van der Waals surface area contributed by atoms with Gasteiger partial charge in [0.2, 0.25) is 0 Å². The van der Waals surface area contributed by atoms with Gasteiger partial charge in [-0.05, 0) is 18.8 Å². The highest BCUT2D eigenvalue weighted by atomic mass is 16.9. The fourth-order valence-electron chi connectivity index (χ4n) is 4.62. The van der Waals surface area contributed by atoms with Crippen LogP contribution in [0.5, 0.6) is 0 Å². The molecule has 0 N–H and O–H groups in total. The van der Waals surface area contributed by atoms with Gasteiger partial charge in [0, 0.05) is 6.42 Å². The minimum absolute atomic E-state index is 0.00347. The summed E-state index contributed by atoms with van der Waals surface area (Å²) in [5, 5.41) is 0. The van der Waals surface area contributed by atoms with Crippen molar-refractivity contribution in [2.45, 2.75) is 155 Å². The number of unbranched alkanes of at least 4 members (excludes halogenated alkanes) is 15. The highest BCUT2D eigenvalue weighted by Crippen LogP contribution is 2.28. The maximum absolute atomic E-state index is 11.6. The highest BCUT2D eigenvalue weighted by molar-refractivity contribution is 5.81. The summed E-state index contributed by atoms with van der Waals surface area (Å²) in [7, 11) is 0. The summed E-state index contributed by atoms with van der Waals surface area (Å²) in [5.74, 6) is -0.458. The van der Waals surface area contributed by atoms with E-state index in [0.717, 1.165) is 19.3 Å².